The van der Waals surface area contributed by atoms with Crippen LogP contribution in [0.2, 0.25) is 0 Å². The van der Waals surface area contributed by atoms with E-state index >= 15 is 0 Å². The van der Waals surface area contributed by atoms with Crippen LogP contribution in [0.5, 0.6) is 11.5 Å². The monoisotopic (exact) mass is 442 g/mol. The smallest absolute Gasteiger partial charge is 0.255 e. The Morgan fingerprint density at radius 2 is 1.86 bits per heavy atom. The molecule has 146 valence electrons. The topological polar surface area (TPSA) is 51.7 Å². The lowest BCUT2D eigenvalue weighted by atomic mass is 9.71. The summed E-state index contributed by atoms with van der Waals surface area (Å²) in [5.74, 6) is 1.68. The second-order valence-electron chi connectivity index (χ2n) is 8.07. The summed E-state index contributed by atoms with van der Waals surface area (Å²) in [5.41, 5.74) is 3.16. The molecular weight excluding hydrogens is 420 g/mol. The first-order valence-corrected chi connectivity index (χ1v) is 10.7. The van der Waals surface area contributed by atoms with Crippen molar-refractivity contribution in [2.45, 2.75) is 44.1 Å². The van der Waals surface area contributed by atoms with E-state index in [4.69, 9.17) is 9.47 Å². The SMILES string of the molecule is CC1c2cc3c(cc2C2(CCCC2)CN1C(=O)c1cncc(Br)c1)OCCO3. The molecule has 28 heavy (non-hydrogen) atoms. The molecule has 6 heteroatoms. The fraction of sp³-hybridized carbons (Fsp3) is 0.455. The highest BCUT2D eigenvalue weighted by atomic mass is 79.9. The first kappa shape index (κ1) is 18.0. The van der Waals surface area contributed by atoms with Gasteiger partial charge in [-0.05, 0) is 65.0 Å². The molecule has 2 aliphatic heterocycles. The summed E-state index contributed by atoms with van der Waals surface area (Å²) < 4.78 is 12.5. The van der Waals surface area contributed by atoms with E-state index in [-0.39, 0.29) is 17.4 Å². The van der Waals surface area contributed by atoms with E-state index in [0.717, 1.165) is 35.4 Å². The van der Waals surface area contributed by atoms with Crippen LogP contribution in [0.25, 0.3) is 0 Å². The third-order valence-electron chi connectivity index (χ3n) is 6.45. The molecule has 1 amide bonds. The van der Waals surface area contributed by atoms with E-state index in [2.05, 4.69) is 40.0 Å². The molecule has 3 heterocycles. The Morgan fingerprint density at radius 1 is 1.14 bits per heavy atom. The number of amides is 1. The van der Waals surface area contributed by atoms with Crippen LogP contribution in [0, 0.1) is 0 Å². The Balaban J connectivity index is 1.60. The van der Waals surface area contributed by atoms with E-state index in [0.29, 0.717) is 18.8 Å². The maximum absolute atomic E-state index is 13.4. The summed E-state index contributed by atoms with van der Waals surface area (Å²) in [6.07, 6.45) is 7.96. The van der Waals surface area contributed by atoms with Crippen LogP contribution in [0.15, 0.2) is 35.1 Å². The Kier molecular flexibility index (Phi) is 4.34. The fourth-order valence-electron chi connectivity index (χ4n) is 5.05. The number of pyridine rings is 1. The number of ether oxygens (including phenoxy) is 2. The molecule has 1 spiro atoms. The van der Waals surface area contributed by atoms with Crippen LogP contribution >= 0.6 is 15.9 Å². The number of nitrogens with zero attached hydrogens (tertiary/aromatic N) is 2. The van der Waals surface area contributed by atoms with E-state index in [1.165, 1.54) is 24.0 Å². The third-order valence-corrected chi connectivity index (χ3v) is 6.88. The zero-order valence-corrected chi connectivity index (χ0v) is 17.5. The van der Waals surface area contributed by atoms with Crippen LogP contribution in [0.3, 0.4) is 0 Å². The van der Waals surface area contributed by atoms with Gasteiger partial charge in [-0.3, -0.25) is 9.78 Å². The normalized spacial score (nSPS) is 22.2. The van der Waals surface area contributed by atoms with Gasteiger partial charge in [0.2, 0.25) is 0 Å². The highest BCUT2D eigenvalue weighted by Gasteiger charge is 2.46. The summed E-state index contributed by atoms with van der Waals surface area (Å²) in [6, 6.07) is 6.12. The van der Waals surface area contributed by atoms with Crippen molar-refractivity contribution in [3.63, 3.8) is 0 Å². The van der Waals surface area contributed by atoms with Crippen molar-refractivity contribution in [3.8, 4) is 11.5 Å². The lowest BCUT2D eigenvalue weighted by molar-refractivity contribution is 0.0592. The van der Waals surface area contributed by atoms with E-state index < -0.39 is 0 Å². The van der Waals surface area contributed by atoms with Gasteiger partial charge in [0.1, 0.15) is 13.2 Å². The number of fused-ring (bicyclic) bond motifs is 3. The zero-order chi connectivity index (χ0) is 19.3. The van der Waals surface area contributed by atoms with Gasteiger partial charge in [-0.15, -0.1) is 0 Å². The van der Waals surface area contributed by atoms with E-state index in [9.17, 15) is 4.79 Å². The molecule has 0 bridgehead atoms. The number of halogens is 1. The van der Waals surface area contributed by atoms with Crippen LogP contribution in [-0.2, 0) is 5.41 Å². The maximum atomic E-state index is 13.4. The number of benzene rings is 1. The quantitative estimate of drug-likeness (QED) is 0.644. The second kappa shape index (κ2) is 6.76. The minimum absolute atomic E-state index is 0.00673. The van der Waals surface area contributed by atoms with Gasteiger partial charge in [0, 0.05) is 28.8 Å². The van der Waals surface area contributed by atoms with Gasteiger partial charge in [0.15, 0.2) is 11.5 Å². The summed E-state index contributed by atoms with van der Waals surface area (Å²) in [4.78, 5) is 19.6. The molecule has 2 aromatic rings. The van der Waals surface area contributed by atoms with E-state index in [1.54, 1.807) is 12.4 Å². The van der Waals surface area contributed by atoms with Gasteiger partial charge < -0.3 is 14.4 Å². The number of carbonyl (C=O) groups is 1. The Bertz CT molecular complexity index is 939. The second-order valence-corrected chi connectivity index (χ2v) is 8.99. The van der Waals surface area contributed by atoms with Crippen molar-refractivity contribution in [1.29, 1.82) is 0 Å². The predicted molar refractivity (Wildman–Crippen MR) is 109 cm³/mol. The van der Waals surface area contributed by atoms with Crippen LogP contribution in [-0.4, -0.2) is 35.5 Å². The molecule has 1 unspecified atom stereocenters. The van der Waals surface area contributed by atoms with Gasteiger partial charge in [0.05, 0.1) is 11.6 Å². The average molecular weight is 443 g/mol. The molecule has 3 aliphatic rings. The lowest BCUT2D eigenvalue weighted by Crippen LogP contribution is -2.48. The van der Waals surface area contributed by atoms with Crippen molar-refractivity contribution < 1.29 is 14.3 Å². The lowest BCUT2D eigenvalue weighted by Gasteiger charge is -2.46. The molecular formula is C22H23BrN2O3. The number of aromatic nitrogens is 1. The standard InChI is InChI=1S/C22H23BrN2O3/c1-14-17-9-19-20(28-7-6-27-19)10-18(17)22(4-2-3-5-22)13-25(14)21(26)15-8-16(23)12-24-11-15/h8-12,14H,2-7,13H2,1H3. The zero-order valence-electron chi connectivity index (χ0n) is 15.9. The number of hydrogen-bond acceptors (Lipinski definition) is 4. The van der Waals surface area contributed by atoms with Gasteiger partial charge in [-0.1, -0.05) is 12.8 Å². The fourth-order valence-corrected chi connectivity index (χ4v) is 5.41. The average Bonchev–Trinajstić information content (AvgIpc) is 3.18. The first-order valence-electron chi connectivity index (χ1n) is 9.93. The maximum Gasteiger partial charge on any atom is 0.255 e. The molecule has 1 saturated carbocycles. The molecule has 5 rings (SSSR count). The molecule has 0 radical (unpaired) electrons. The molecule has 1 aliphatic carbocycles. The molecule has 0 saturated heterocycles. The number of rotatable bonds is 1. The Morgan fingerprint density at radius 3 is 2.57 bits per heavy atom. The summed E-state index contributed by atoms with van der Waals surface area (Å²) >= 11 is 3.43. The van der Waals surface area contributed by atoms with Crippen molar-refractivity contribution in [2.75, 3.05) is 19.8 Å². The molecule has 1 aromatic heterocycles. The van der Waals surface area contributed by atoms with Crippen molar-refractivity contribution in [3.05, 3.63) is 51.8 Å². The number of hydrogen-bond donors (Lipinski definition) is 0. The minimum Gasteiger partial charge on any atom is -0.486 e. The van der Waals surface area contributed by atoms with Gasteiger partial charge in [0.25, 0.3) is 5.91 Å². The van der Waals surface area contributed by atoms with E-state index in [1.807, 2.05) is 11.0 Å². The molecule has 5 nitrogen and oxygen atoms in total. The third kappa shape index (κ3) is 2.81. The van der Waals surface area contributed by atoms with Crippen LogP contribution < -0.4 is 9.47 Å². The largest absolute Gasteiger partial charge is 0.486 e. The van der Waals surface area contributed by atoms with Crippen molar-refractivity contribution in [1.82, 2.24) is 9.88 Å². The van der Waals surface area contributed by atoms with Crippen LogP contribution in [0.4, 0.5) is 0 Å². The molecule has 1 aromatic carbocycles. The number of carbonyl (C=O) groups excluding carboxylic acids is 1. The molecule has 1 fully saturated rings. The molecule has 1 atom stereocenters. The summed E-state index contributed by atoms with van der Waals surface area (Å²) in [6.45, 7) is 4.01. The minimum atomic E-state index is -0.0245. The van der Waals surface area contributed by atoms with Crippen molar-refractivity contribution in [2.24, 2.45) is 0 Å². The first-order chi connectivity index (χ1) is 13.6. The van der Waals surface area contributed by atoms with Crippen LogP contribution in [0.1, 0.15) is 60.1 Å². The Labute approximate surface area is 173 Å². The van der Waals surface area contributed by atoms with Gasteiger partial charge in [-0.25, -0.2) is 0 Å². The predicted octanol–water partition coefficient (Wildman–Crippen LogP) is 4.64. The summed E-state index contributed by atoms with van der Waals surface area (Å²) in [5, 5.41) is 0. The summed E-state index contributed by atoms with van der Waals surface area (Å²) in [7, 11) is 0. The molecule has 0 N–H and O–H groups in total. The van der Waals surface area contributed by atoms with Crippen molar-refractivity contribution >= 4 is 21.8 Å². The highest BCUT2D eigenvalue weighted by Crippen LogP contribution is 2.52. The Hall–Kier alpha value is -2.08. The van der Waals surface area contributed by atoms with Gasteiger partial charge >= 0.3 is 0 Å². The highest BCUT2D eigenvalue weighted by molar-refractivity contribution is 9.10. The van der Waals surface area contributed by atoms with Gasteiger partial charge in [-0.2, -0.15) is 0 Å².